The number of benzene rings is 3. The van der Waals surface area contributed by atoms with Crippen LogP contribution in [-0.4, -0.2) is 56.3 Å². The fraction of sp³-hybridized carbons (Fsp3) is 0.214. The second-order valence-corrected chi connectivity index (χ2v) is 8.43. The molecule has 0 fully saturated rings. The van der Waals surface area contributed by atoms with Gasteiger partial charge in [0, 0.05) is 43.9 Å². The number of ether oxygens (including phenoxy) is 2. The van der Waals surface area contributed by atoms with Crippen molar-refractivity contribution in [3.05, 3.63) is 89.2 Å². The molecule has 4 aromatic rings. The predicted octanol–water partition coefficient (Wildman–Crippen LogP) is 4.69. The largest absolute Gasteiger partial charge is 0.456 e. The van der Waals surface area contributed by atoms with E-state index in [4.69, 9.17) is 9.47 Å². The predicted molar refractivity (Wildman–Crippen MR) is 143 cm³/mol. The fourth-order valence-corrected chi connectivity index (χ4v) is 3.76. The van der Waals surface area contributed by atoms with Crippen LogP contribution in [0.3, 0.4) is 0 Å². The van der Waals surface area contributed by atoms with Crippen molar-refractivity contribution >= 4 is 22.6 Å². The number of H-pyrrole nitrogens is 1. The molecule has 1 heterocycles. The minimum Gasteiger partial charge on any atom is -0.456 e. The molecular weight excluding hydrogens is 456 g/mol. The van der Waals surface area contributed by atoms with Crippen LogP contribution in [0.5, 0.6) is 11.5 Å². The Morgan fingerprint density at radius 2 is 1.75 bits per heavy atom. The average molecular weight is 487 g/mol. The van der Waals surface area contributed by atoms with Crippen LogP contribution < -0.4 is 20.9 Å². The standard InChI is InChI=1S/C28H30N4O4/c1-32(16-17-35-2)15-14-29-28(34)30-22-12-10-20(11-13-22)21-6-5-7-23(18-21)36-26-19-27(33)31-25-9-4-3-8-24(25)26/h3-13,18-19H,14-17H2,1-2H3,(H,31,33)(H2,29,30,34). The molecule has 1 aromatic heterocycles. The third-order valence-electron chi connectivity index (χ3n) is 5.71. The Kier molecular flexibility index (Phi) is 8.33. The van der Waals surface area contributed by atoms with E-state index in [1.807, 2.05) is 79.8 Å². The summed E-state index contributed by atoms with van der Waals surface area (Å²) in [5.74, 6) is 1.13. The van der Waals surface area contributed by atoms with Gasteiger partial charge < -0.3 is 30.0 Å². The van der Waals surface area contributed by atoms with E-state index >= 15 is 0 Å². The molecule has 4 rings (SSSR count). The molecule has 186 valence electrons. The summed E-state index contributed by atoms with van der Waals surface area (Å²) in [7, 11) is 3.66. The first-order valence-electron chi connectivity index (χ1n) is 11.7. The van der Waals surface area contributed by atoms with Gasteiger partial charge in [0.1, 0.15) is 11.5 Å². The van der Waals surface area contributed by atoms with Crippen LogP contribution in [0.1, 0.15) is 0 Å². The van der Waals surface area contributed by atoms with Gasteiger partial charge in [0.15, 0.2) is 0 Å². The summed E-state index contributed by atoms with van der Waals surface area (Å²) >= 11 is 0. The van der Waals surface area contributed by atoms with E-state index in [1.54, 1.807) is 7.11 Å². The van der Waals surface area contributed by atoms with Gasteiger partial charge in [-0.2, -0.15) is 0 Å². The number of urea groups is 1. The molecular formula is C28H30N4O4. The highest BCUT2D eigenvalue weighted by molar-refractivity contribution is 5.89. The molecule has 0 unspecified atom stereocenters. The second kappa shape index (κ2) is 12.0. The summed E-state index contributed by atoms with van der Waals surface area (Å²) < 4.78 is 11.1. The van der Waals surface area contributed by atoms with E-state index < -0.39 is 0 Å². The summed E-state index contributed by atoms with van der Waals surface area (Å²) in [5.41, 5.74) is 3.14. The van der Waals surface area contributed by atoms with Gasteiger partial charge in [-0.1, -0.05) is 36.4 Å². The maximum absolute atomic E-state index is 12.2. The summed E-state index contributed by atoms with van der Waals surface area (Å²) in [6, 6.07) is 24.0. The van der Waals surface area contributed by atoms with Crippen molar-refractivity contribution in [2.45, 2.75) is 0 Å². The lowest BCUT2D eigenvalue weighted by molar-refractivity contribution is 0.161. The second-order valence-electron chi connectivity index (χ2n) is 8.43. The van der Waals surface area contributed by atoms with Gasteiger partial charge >= 0.3 is 6.03 Å². The van der Waals surface area contributed by atoms with Crippen LogP contribution >= 0.6 is 0 Å². The van der Waals surface area contributed by atoms with Crippen LogP contribution in [0.25, 0.3) is 22.0 Å². The van der Waals surface area contributed by atoms with Gasteiger partial charge in [-0.05, 0) is 54.6 Å². The molecule has 8 nitrogen and oxygen atoms in total. The number of aromatic amines is 1. The first-order valence-corrected chi connectivity index (χ1v) is 11.7. The number of nitrogens with zero attached hydrogens (tertiary/aromatic N) is 1. The molecule has 0 saturated heterocycles. The quantitative estimate of drug-likeness (QED) is 0.302. The number of carbonyl (C=O) groups excluding carboxylic acids is 1. The molecule has 0 atom stereocenters. The molecule has 0 bridgehead atoms. The Morgan fingerprint density at radius 1 is 0.944 bits per heavy atom. The van der Waals surface area contributed by atoms with Crippen molar-refractivity contribution in [3.63, 3.8) is 0 Å². The van der Waals surface area contributed by atoms with Crippen LogP contribution in [0, 0.1) is 0 Å². The summed E-state index contributed by atoms with van der Waals surface area (Å²) in [6.45, 7) is 2.75. The molecule has 8 heteroatoms. The molecule has 0 aliphatic heterocycles. The third-order valence-corrected chi connectivity index (χ3v) is 5.71. The smallest absolute Gasteiger partial charge is 0.319 e. The molecule has 3 aromatic carbocycles. The van der Waals surface area contributed by atoms with Crippen LogP contribution in [0.4, 0.5) is 10.5 Å². The normalized spacial score (nSPS) is 11.0. The number of pyridine rings is 1. The van der Waals surface area contributed by atoms with Gasteiger partial charge in [-0.25, -0.2) is 4.79 Å². The van der Waals surface area contributed by atoms with Gasteiger partial charge in [0.05, 0.1) is 12.1 Å². The summed E-state index contributed by atoms with van der Waals surface area (Å²) in [5, 5.41) is 6.54. The number of rotatable bonds is 10. The minimum atomic E-state index is -0.247. The zero-order chi connectivity index (χ0) is 25.3. The van der Waals surface area contributed by atoms with Crippen molar-refractivity contribution in [2.24, 2.45) is 0 Å². The number of hydrogen-bond donors (Lipinski definition) is 3. The third kappa shape index (κ3) is 6.71. The number of para-hydroxylation sites is 1. The Labute approximate surface area is 209 Å². The first-order chi connectivity index (χ1) is 17.5. The lowest BCUT2D eigenvalue weighted by Gasteiger charge is -2.16. The van der Waals surface area contributed by atoms with E-state index in [0.717, 1.165) is 35.1 Å². The lowest BCUT2D eigenvalue weighted by Crippen LogP contribution is -2.36. The lowest BCUT2D eigenvalue weighted by atomic mass is 10.1. The Balaban J connectivity index is 1.38. The molecule has 2 amide bonds. The number of amides is 2. The van der Waals surface area contributed by atoms with Crippen LogP contribution in [-0.2, 0) is 4.74 Å². The Morgan fingerprint density at radius 3 is 2.56 bits per heavy atom. The minimum absolute atomic E-state index is 0.218. The van der Waals surface area contributed by atoms with E-state index in [2.05, 4.69) is 20.5 Å². The Hall–Kier alpha value is -4.14. The molecule has 0 spiro atoms. The number of aromatic nitrogens is 1. The zero-order valence-corrected chi connectivity index (χ0v) is 20.4. The van der Waals surface area contributed by atoms with Crippen molar-refractivity contribution in [3.8, 4) is 22.6 Å². The Bertz CT molecular complexity index is 1370. The molecule has 36 heavy (non-hydrogen) atoms. The number of methoxy groups -OCH3 is 1. The molecule has 0 aliphatic rings. The number of fused-ring (bicyclic) bond motifs is 1. The maximum Gasteiger partial charge on any atom is 0.319 e. The molecule has 0 saturated carbocycles. The highest BCUT2D eigenvalue weighted by Gasteiger charge is 2.08. The number of carbonyl (C=O) groups is 1. The van der Waals surface area contributed by atoms with Gasteiger partial charge in [-0.3, -0.25) is 4.79 Å². The highest BCUT2D eigenvalue weighted by atomic mass is 16.5. The van der Waals surface area contributed by atoms with Gasteiger partial charge in [0.2, 0.25) is 0 Å². The number of likely N-dealkylation sites (N-methyl/N-ethyl adjacent to an activating group) is 1. The topological polar surface area (TPSA) is 95.7 Å². The zero-order valence-electron chi connectivity index (χ0n) is 20.4. The van der Waals surface area contributed by atoms with E-state index in [9.17, 15) is 9.59 Å². The number of hydrogen-bond acceptors (Lipinski definition) is 5. The van der Waals surface area contributed by atoms with Crippen molar-refractivity contribution in [2.75, 3.05) is 45.7 Å². The summed E-state index contributed by atoms with van der Waals surface area (Å²) in [6.07, 6.45) is 0. The van der Waals surface area contributed by atoms with Crippen LogP contribution in [0.2, 0.25) is 0 Å². The number of nitrogens with one attached hydrogen (secondary N) is 3. The van der Waals surface area contributed by atoms with Crippen LogP contribution in [0.15, 0.2) is 83.7 Å². The van der Waals surface area contributed by atoms with Gasteiger partial charge in [0.25, 0.3) is 5.56 Å². The maximum atomic E-state index is 12.2. The molecule has 0 aliphatic carbocycles. The van der Waals surface area contributed by atoms with E-state index in [1.165, 1.54) is 6.07 Å². The van der Waals surface area contributed by atoms with E-state index in [-0.39, 0.29) is 11.6 Å². The van der Waals surface area contributed by atoms with Crippen molar-refractivity contribution in [1.29, 1.82) is 0 Å². The monoisotopic (exact) mass is 486 g/mol. The fourth-order valence-electron chi connectivity index (χ4n) is 3.76. The van der Waals surface area contributed by atoms with E-state index in [0.29, 0.717) is 30.3 Å². The van der Waals surface area contributed by atoms with Gasteiger partial charge in [-0.15, -0.1) is 0 Å². The summed E-state index contributed by atoms with van der Waals surface area (Å²) in [4.78, 5) is 29.1. The highest BCUT2D eigenvalue weighted by Crippen LogP contribution is 2.30. The van der Waals surface area contributed by atoms with Crippen molar-refractivity contribution < 1.29 is 14.3 Å². The molecule has 3 N–H and O–H groups in total. The average Bonchev–Trinajstić information content (AvgIpc) is 2.88. The SMILES string of the molecule is COCCN(C)CCNC(=O)Nc1ccc(-c2cccc(Oc3cc(=O)[nH]c4ccccc34)c2)cc1. The molecule has 0 radical (unpaired) electrons. The first kappa shape index (κ1) is 25.0. The van der Waals surface area contributed by atoms with Crippen molar-refractivity contribution in [1.82, 2.24) is 15.2 Å². The number of anilines is 1.